The summed E-state index contributed by atoms with van der Waals surface area (Å²) in [6, 6.07) is 5.81. The van der Waals surface area contributed by atoms with Crippen molar-refractivity contribution in [2.24, 2.45) is 0 Å². The lowest BCUT2D eigenvalue weighted by Crippen LogP contribution is -2.14. The van der Waals surface area contributed by atoms with Crippen LogP contribution in [-0.4, -0.2) is 9.38 Å². The number of thiazole rings is 1. The van der Waals surface area contributed by atoms with Gasteiger partial charge in [0.1, 0.15) is 5.82 Å². The van der Waals surface area contributed by atoms with Crippen molar-refractivity contribution in [3.05, 3.63) is 62.7 Å². The highest BCUT2D eigenvalue weighted by Gasteiger charge is 2.06. The van der Waals surface area contributed by atoms with Crippen LogP contribution in [0.4, 0.5) is 10.1 Å². The van der Waals surface area contributed by atoms with Crippen LogP contribution in [0.1, 0.15) is 5.69 Å². The summed E-state index contributed by atoms with van der Waals surface area (Å²) in [4.78, 5) is 16.7. The van der Waals surface area contributed by atoms with Gasteiger partial charge in [-0.05, 0) is 18.2 Å². The lowest BCUT2D eigenvalue weighted by Gasteiger charge is -2.07. The Morgan fingerprint density at radius 1 is 1.40 bits per heavy atom. The molecule has 0 saturated heterocycles. The summed E-state index contributed by atoms with van der Waals surface area (Å²) < 4.78 is 15.1. The van der Waals surface area contributed by atoms with Crippen LogP contribution >= 0.6 is 22.9 Å². The fourth-order valence-electron chi connectivity index (χ4n) is 1.80. The standard InChI is InChI=1S/C13H9ClFN3OS/c14-8-1-2-11(10(15)5-8)16-7-9-6-12(19)18-3-4-20-13(18)17-9/h1-6,16H,7H2. The topological polar surface area (TPSA) is 46.4 Å². The third-order valence-electron chi connectivity index (χ3n) is 2.75. The zero-order valence-electron chi connectivity index (χ0n) is 10.1. The average Bonchev–Trinajstić information content (AvgIpc) is 2.86. The predicted molar refractivity (Wildman–Crippen MR) is 78.1 cm³/mol. The van der Waals surface area contributed by atoms with Gasteiger partial charge in [-0.15, -0.1) is 11.3 Å². The molecule has 0 aliphatic carbocycles. The summed E-state index contributed by atoms with van der Waals surface area (Å²) in [5.74, 6) is -0.438. The minimum absolute atomic E-state index is 0.148. The first-order valence-corrected chi connectivity index (χ1v) is 7.04. The Morgan fingerprint density at radius 2 is 2.25 bits per heavy atom. The highest BCUT2D eigenvalue weighted by molar-refractivity contribution is 7.15. The summed E-state index contributed by atoms with van der Waals surface area (Å²) in [6.07, 6.45) is 1.67. The Morgan fingerprint density at radius 3 is 3.05 bits per heavy atom. The summed E-state index contributed by atoms with van der Waals surface area (Å²) in [6.45, 7) is 0.266. The van der Waals surface area contributed by atoms with Crippen molar-refractivity contribution in [2.75, 3.05) is 5.32 Å². The number of nitrogens with one attached hydrogen (secondary N) is 1. The van der Waals surface area contributed by atoms with Gasteiger partial charge in [0.15, 0.2) is 4.96 Å². The zero-order chi connectivity index (χ0) is 14.1. The molecule has 1 aromatic carbocycles. The number of anilines is 1. The molecule has 3 aromatic rings. The highest BCUT2D eigenvalue weighted by atomic mass is 35.5. The maximum atomic E-state index is 13.6. The van der Waals surface area contributed by atoms with Crippen LogP contribution in [0.2, 0.25) is 5.02 Å². The van der Waals surface area contributed by atoms with Crippen LogP contribution in [0, 0.1) is 5.82 Å². The minimum atomic E-state index is -0.438. The molecule has 7 heteroatoms. The van der Waals surface area contributed by atoms with E-state index in [1.165, 1.54) is 27.9 Å². The Hall–Kier alpha value is -1.92. The van der Waals surface area contributed by atoms with Gasteiger partial charge < -0.3 is 5.32 Å². The van der Waals surface area contributed by atoms with Gasteiger partial charge in [-0.25, -0.2) is 9.37 Å². The van der Waals surface area contributed by atoms with Crippen molar-refractivity contribution < 1.29 is 4.39 Å². The lowest BCUT2D eigenvalue weighted by atomic mass is 10.3. The van der Waals surface area contributed by atoms with E-state index in [9.17, 15) is 9.18 Å². The second-order valence-electron chi connectivity index (χ2n) is 4.12. The monoisotopic (exact) mass is 309 g/mol. The summed E-state index contributed by atoms with van der Waals surface area (Å²) in [5, 5.41) is 5.03. The van der Waals surface area contributed by atoms with E-state index < -0.39 is 5.82 Å². The molecule has 2 heterocycles. The number of benzene rings is 1. The van der Waals surface area contributed by atoms with Crippen LogP contribution in [0.3, 0.4) is 0 Å². The summed E-state index contributed by atoms with van der Waals surface area (Å²) in [7, 11) is 0. The van der Waals surface area contributed by atoms with E-state index in [0.29, 0.717) is 21.4 Å². The predicted octanol–water partition coefficient (Wildman–Crippen LogP) is 3.16. The number of rotatable bonds is 3. The van der Waals surface area contributed by atoms with Crippen LogP contribution < -0.4 is 10.9 Å². The van der Waals surface area contributed by atoms with Crippen molar-refractivity contribution in [2.45, 2.75) is 6.54 Å². The Kier molecular flexibility index (Phi) is 3.42. The SMILES string of the molecule is O=c1cc(CNc2ccc(Cl)cc2F)nc2sccn12. The third-order valence-corrected chi connectivity index (χ3v) is 3.74. The first-order chi connectivity index (χ1) is 9.63. The van der Waals surface area contributed by atoms with E-state index in [2.05, 4.69) is 10.3 Å². The van der Waals surface area contributed by atoms with Gasteiger partial charge in [0.05, 0.1) is 17.9 Å². The van der Waals surface area contributed by atoms with Crippen molar-refractivity contribution in [1.29, 1.82) is 0 Å². The molecule has 0 aliphatic rings. The van der Waals surface area contributed by atoms with E-state index in [1.807, 2.05) is 0 Å². The Balaban J connectivity index is 1.84. The molecule has 3 rings (SSSR count). The van der Waals surface area contributed by atoms with Gasteiger partial charge in [0, 0.05) is 22.7 Å². The quantitative estimate of drug-likeness (QED) is 0.808. The van der Waals surface area contributed by atoms with Crippen LogP contribution in [0.15, 0.2) is 40.6 Å². The van der Waals surface area contributed by atoms with Gasteiger partial charge >= 0.3 is 0 Å². The molecule has 0 atom stereocenters. The van der Waals surface area contributed by atoms with E-state index in [-0.39, 0.29) is 12.1 Å². The van der Waals surface area contributed by atoms with Gasteiger partial charge in [-0.3, -0.25) is 9.20 Å². The molecular formula is C13H9ClFN3OS. The molecule has 0 unspecified atom stereocenters. The lowest BCUT2D eigenvalue weighted by molar-refractivity contribution is 0.630. The molecule has 0 bridgehead atoms. The Labute approximate surface area is 122 Å². The molecule has 102 valence electrons. The van der Waals surface area contributed by atoms with Gasteiger partial charge in [0.25, 0.3) is 5.56 Å². The number of hydrogen-bond acceptors (Lipinski definition) is 4. The maximum Gasteiger partial charge on any atom is 0.258 e. The molecule has 0 radical (unpaired) electrons. The Bertz CT molecular complexity index is 830. The number of aromatic nitrogens is 2. The van der Waals surface area contributed by atoms with E-state index in [4.69, 9.17) is 11.6 Å². The minimum Gasteiger partial charge on any atom is -0.377 e. The molecule has 2 aromatic heterocycles. The molecule has 20 heavy (non-hydrogen) atoms. The van der Waals surface area contributed by atoms with Crippen LogP contribution in [0.25, 0.3) is 4.96 Å². The van der Waals surface area contributed by atoms with E-state index in [0.717, 1.165) is 0 Å². The molecule has 0 fully saturated rings. The second kappa shape index (κ2) is 5.22. The largest absolute Gasteiger partial charge is 0.377 e. The average molecular weight is 310 g/mol. The third kappa shape index (κ3) is 2.52. The molecule has 0 amide bonds. The molecule has 1 N–H and O–H groups in total. The van der Waals surface area contributed by atoms with Crippen molar-refractivity contribution in [3.63, 3.8) is 0 Å². The number of hydrogen-bond donors (Lipinski definition) is 1. The first kappa shape index (κ1) is 13.1. The maximum absolute atomic E-state index is 13.6. The summed E-state index contributed by atoms with van der Waals surface area (Å²) in [5.41, 5.74) is 0.735. The van der Waals surface area contributed by atoms with E-state index >= 15 is 0 Å². The van der Waals surface area contributed by atoms with Crippen LogP contribution in [0.5, 0.6) is 0 Å². The number of nitrogens with zero attached hydrogens (tertiary/aromatic N) is 2. The fraction of sp³-hybridized carbons (Fsp3) is 0.0769. The number of halogens is 2. The smallest absolute Gasteiger partial charge is 0.258 e. The van der Waals surface area contributed by atoms with Gasteiger partial charge in [-0.2, -0.15) is 0 Å². The molecule has 4 nitrogen and oxygen atoms in total. The van der Waals surface area contributed by atoms with E-state index in [1.54, 1.807) is 23.7 Å². The normalized spacial score (nSPS) is 10.9. The van der Waals surface area contributed by atoms with Crippen molar-refractivity contribution in [3.8, 4) is 0 Å². The molecular weight excluding hydrogens is 301 g/mol. The highest BCUT2D eigenvalue weighted by Crippen LogP contribution is 2.19. The molecule has 0 aliphatic heterocycles. The van der Waals surface area contributed by atoms with Gasteiger partial charge in [0.2, 0.25) is 0 Å². The first-order valence-electron chi connectivity index (χ1n) is 5.78. The van der Waals surface area contributed by atoms with Crippen LogP contribution in [-0.2, 0) is 6.54 Å². The number of fused-ring (bicyclic) bond motifs is 1. The van der Waals surface area contributed by atoms with Crippen molar-refractivity contribution in [1.82, 2.24) is 9.38 Å². The second-order valence-corrected chi connectivity index (χ2v) is 5.43. The fourth-order valence-corrected chi connectivity index (χ4v) is 2.69. The van der Waals surface area contributed by atoms with Gasteiger partial charge in [-0.1, -0.05) is 11.6 Å². The zero-order valence-corrected chi connectivity index (χ0v) is 11.7. The van der Waals surface area contributed by atoms with Crippen molar-refractivity contribution >= 4 is 33.6 Å². The molecule has 0 saturated carbocycles. The summed E-state index contributed by atoms with van der Waals surface area (Å²) >= 11 is 7.06. The molecule has 0 spiro atoms.